The van der Waals surface area contributed by atoms with Gasteiger partial charge in [0.2, 0.25) is 0 Å². The molecule has 0 spiro atoms. The number of carbonyl (C=O) groups is 1. The molecule has 0 aliphatic carbocycles. The molecule has 0 aromatic heterocycles. The molecule has 110 valence electrons. The Morgan fingerprint density at radius 1 is 1.35 bits per heavy atom. The van der Waals surface area contributed by atoms with Gasteiger partial charge in [0.15, 0.2) is 11.5 Å². The molecule has 6 heteroatoms. The van der Waals surface area contributed by atoms with Crippen molar-refractivity contribution in [3.05, 3.63) is 23.8 Å². The van der Waals surface area contributed by atoms with Gasteiger partial charge in [0, 0.05) is 31.2 Å². The number of benzene rings is 1. The van der Waals surface area contributed by atoms with Gasteiger partial charge in [0.05, 0.1) is 0 Å². The first-order valence-corrected chi connectivity index (χ1v) is 7.13. The Kier molecular flexibility index (Phi) is 4.15. The average molecular weight is 296 g/mol. The van der Waals surface area contributed by atoms with E-state index >= 15 is 0 Å². The normalized spacial score (nSPS) is 15.7. The Hall–Kier alpha value is -1.40. The van der Waals surface area contributed by atoms with Crippen LogP contribution in [0, 0.1) is 0 Å². The summed E-state index contributed by atoms with van der Waals surface area (Å²) in [6.07, 6.45) is 0.390. The Balaban J connectivity index is 2.12. The van der Waals surface area contributed by atoms with Crippen LogP contribution in [0.1, 0.15) is 19.4 Å². The molecular weight excluding hydrogens is 276 g/mol. The molecule has 20 heavy (non-hydrogen) atoms. The van der Waals surface area contributed by atoms with Gasteiger partial charge in [0.1, 0.15) is 5.60 Å². The molecule has 0 saturated carbocycles. The van der Waals surface area contributed by atoms with E-state index in [-0.39, 0.29) is 5.60 Å². The van der Waals surface area contributed by atoms with Crippen LogP contribution in [0.2, 0.25) is 0 Å². The molecular formula is C14H20N2O3S. The number of para-hydroxylation sites is 1. The first-order chi connectivity index (χ1) is 9.28. The molecule has 2 rings (SSSR count). The molecule has 5 nitrogen and oxygen atoms in total. The maximum atomic E-state index is 12.0. The third-order valence-electron chi connectivity index (χ3n) is 2.80. The lowest BCUT2D eigenvalue weighted by atomic mass is 10.0. The summed E-state index contributed by atoms with van der Waals surface area (Å²) in [4.78, 5) is 12.0. The van der Waals surface area contributed by atoms with Gasteiger partial charge in [-0.3, -0.25) is 0 Å². The van der Waals surface area contributed by atoms with E-state index in [1.165, 1.54) is 16.4 Å². The fourth-order valence-corrected chi connectivity index (χ4v) is 2.70. The molecule has 0 bridgehead atoms. The van der Waals surface area contributed by atoms with E-state index in [0.29, 0.717) is 11.5 Å². The van der Waals surface area contributed by atoms with Crippen LogP contribution in [0.15, 0.2) is 18.2 Å². The van der Waals surface area contributed by atoms with Crippen molar-refractivity contribution in [1.29, 1.82) is 0 Å². The van der Waals surface area contributed by atoms with Crippen molar-refractivity contribution in [2.45, 2.75) is 25.9 Å². The largest absolute Gasteiger partial charge is 0.483 e. The second-order valence-corrected chi connectivity index (χ2v) is 6.98. The molecule has 0 radical (unpaired) electrons. The maximum absolute atomic E-state index is 12.0. The first kappa shape index (κ1) is 15.0. The minimum absolute atomic E-state index is 0.255. The van der Waals surface area contributed by atoms with Crippen molar-refractivity contribution >= 4 is 18.2 Å². The molecule has 0 saturated heterocycles. The predicted octanol–water partition coefficient (Wildman–Crippen LogP) is 2.96. The lowest BCUT2D eigenvalue weighted by molar-refractivity contribution is 0.131. The molecule has 0 fully saturated rings. The summed E-state index contributed by atoms with van der Waals surface area (Å²) >= 11 is 1.27. The second kappa shape index (κ2) is 5.54. The number of carbonyl (C=O) groups excluding carboxylic acids is 1. The number of hydrogen-bond acceptors (Lipinski definition) is 5. The summed E-state index contributed by atoms with van der Waals surface area (Å²) in [7, 11) is 5.39. The third-order valence-corrected chi connectivity index (χ3v) is 3.52. The highest BCUT2D eigenvalue weighted by atomic mass is 32.2. The molecule has 0 N–H and O–H groups in total. The van der Waals surface area contributed by atoms with Crippen LogP contribution in [-0.2, 0) is 6.42 Å². The fourth-order valence-electron chi connectivity index (χ4n) is 2.10. The van der Waals surface area contributed by atoms with Gasteiger partial charge in [-0.25, -0.2) is 13.4 Å². The van der Waals surface area contributed by atoms with Crippen LogP contribution >= 0.6 is 12.1 Å². The number of rotatable bonds is 3. The van der Waals surface area contributed by atoms with E-state index in [4.69, 9.17) is 9.47 Å². The highest BCUT2D eigenvalue weighted by Gasteiger charge is 2.33. The van der Waals surface area contributed by atoms with Crippen LogP contribution in [0.25, 0.3) is 0 Å². The van der Waals surface area contributed by atoms with Gasteiger partial charge in [-0.1, -0.05) is 12.1 Å². The van der Waals surface area contributed by atoms with Crippen LogP contribution < -0.4 is 9.47 Å². The van der Waals surface area contributed by atoms with Gasteiger partial charge < -0.3 is 9.47 Å². The van der Waals surface area contributed by atoms with Gasteiger partial charge in [-0.2, -0.15) is 0 Å². The van der Waals surface area contributed by atoms with Crippen molar-refractivity contribution in [3.8, 4) is 11.5 Å². The fraction of sp³-hybridized carbons (Fsp3) is 0.500. The summed E-state index contributed by atoms with van der Waals surface area (Å²) in [6.45, 7) is 4.04. The van der Waals surface area contributed by atoms with Crippen molar-refractivity contribution in [2.24, 2.45) is 0 Å². The number of nitrogens with zero attached hydrogens (tertiary/aromatic N) is 2. The number of hydrogen-bond donors (Lipinski definition) is 0. The molecule has 1 heterocycles. The standard InChI is InChI=1S/C14H20N2O3S/c1-14(2)9-10-7-6-8-11(12(10)19-14)18-13(17)16(5)20-15(3)4/h6-8H,9H2,1-5H3. The number of fused-ring (bicyclic) bond motifs is 1. The van der Waals surface area contributed by atoms with E-state index < -0.39 is 6.09 Å². The Labute approximate surface area is 124 Å². The topological polar surface area (TPSA) is 42.0 Å². The summed E-state index contributed by atoms with van der Waals surface area (Å²) in [5.74, 6) is 1.15. The highest BCUT2D eigenvalue weighted by molar-refractivity contribution is 7.95. The first-order valence-electron chi connectivity index (χ1n) is 6.40. The monoisotopic (exact) mass is 296 g/mol. The molecule has 1 amide bonds. The Morgan fingerprint density at radius 2 is 2.05 bits per heavy atom. The van der Waals surface area contributed by atoms with Gasteiger partial charge in [-0.15, -0.1) is 0 Å². The number of amides is 1. The average Bonchev–Trinajstić information content (AvgIpc) is 2.63. The minimum Gasteiger partial charge on any atom is -0.483 e. The van der Waals surface area contributed by atoms with Crippen LogP contribution in [0.3, 0.4) is 0 Å². The second-order valence-electron chi connectivity index (χ2n) is 5.54. The van der Waals surface area contributed by atoms with Crippen LogP contribution in [-0.4, -0.2) is 41.4 Å². The van der Waals surface area contributed by atoms with E-state index in [1.807, 2.05) is 44.4 Å². The lowest BCUT2D eigenvalue weighted by Crippen LogP contribution is -2.27. The van der Waals surface area contributed by atoms with E-state index in [9.17, 15) is 4.79 Å². The zero-order chi connectivity index (χ0) is 14.9. The summed E-state index contributed by atoms with van der Waals surface area (Å²) in [5.41, 5.74) is 0.818. The summed E-state index contributed by atoms with van der Waals surface area (Å²) in [5, 5.41) is 0. The minimum atomic E-state index is -0.426. The zero-order valence-electron chi connectivity index (χ0n) is 12.5. The molecule has 1 aromatic rings. The van der Waals surface area contributed by atoms with E-state index in [1.54, 1.807) is 13.1 Å². The van der Waals surface area contributed by atoms with Crippen molar-refractivity contribution in [2.75, 3.05) is 21.1 Å². The van der Waals surface area contributed by atoms with Crippen molar-refractivity contribution < 1.29 is 14.3 Å². The van der Waals surface area contributed by atoms with Crippen molar-refractivity contribution in [3.63, 3.8) is 0 Å². The molecule has 1 aliphatic rings. The number of ether oxygens (including phenoxy) is 2. The Bertz CT molecular complexity index is 517. The molecule has 0 unspecified atom stereocenters. The van der Waals surface area contributed by atoms with E-state index in [0.717, 1.165) is 12.0 Å². The zero-order valence-corrected chi connectivity index (χ0v) is 13.3. The molecule has 1 aliphatic heterocycles. The summed E-state index contributed by atoms with van der Waals surface area (Å²) in [6, 6.07) is 5.64. The predicted molar refractivity (Wildman–Crippen MR) is 79.9 cm³/mol. The lowest BCUT2D eigenvalue weighted by Gasteiger charge is -2.20. The maximum Gasteiger partial charge on any atom is 0.426 e. The highest BCUT2D eigenvalue weighted by Crippen LogP contribution is 2.41. The van der Waals surface area contributed by atoms with Gasteiger partial charge >= 0.3 is 6.09 Å². The van der Waals surface area contributed by atoms with Crippen LogP contribution in [0.5, 0.6) is 11.5 Å². The Morgan fingerprint density at radius 3 is 2.70 bits per heavy atom. The van der Waals surface area contributed by atoms with Gasteiger partial charge in [-0.05, 0) is 34.0 Å². The molecule has 1 aromatic carbocycles. The van der Waals surface area contributed by atoms with Crippen molar-refractivity contribution in [1.82, 2.24) is 8.61 Å². The SMILES string of the molecule is CN(C)SN(C)C(=O)Oc1cccc2c1OC(C)(C)C2. The van der Waals surface area contributed by atoms with E-state index in [2.05, 4.69) is 0 Å². The van der Waals surface area contributed by atoms with Gasteiger partial charge in [0.25, 0.3) is 0 Å². The third kappa shape index (κ3) is 3.37. The quantitative estimate of drug-likeness (QED) is 0.802. The smallest absolute Gasteiger partial charge is 0.426 e. The molecule has 0 atom stereocenters. The summed E-state index contributed by atoms with van der Waals surface area (Å²) < 4.78 is 14.5. The van der Waals surface area contributed by atoms with Crippen LogP contribution in [0.4, 0.5) is 4.79 Å².